The first-order valence-electron chi connectivity index (χ1n) is 8.24. The van der Waals surface area contributed by atoms with E-state index in [0.717, 1.165) is 18.7 Å². The molecule has 7 heteroatoms. The second-order valence-electron chi connectivity index (χ2n) is 6.17. The summed E-state index contributed by atoms with van der Waals surface area (Å²) in [5, 5.41) is 0. The fraction of sp³-hybridized carbons (Fsp3) is 0.333. The quantitative estimate of drug-likeness (QED) is 0.647. The number of primary amides is 1. The van der Waals surface area contributed by atoms with Crippen molar-refractivity contribution in [2.45, 2.75) is 25.3 Å². The third-order valence-electron chi connectivity index (χ3n) is 4.38. The summed E-state index contributed by atoms with van der Waals surface area (Å²) in [4.78, 5) is 42.0. The number of carbonyl (C=O) groups is 3. The van der Waals surface area contributed by atoms with E-state index in [9.17, 15) is 14.4 Å². The topological polar surface area (TPSA) is 98.3 Å². The third kappa shape index (κ3) is 3.76. The van der Waals surface area contributed by atoms with Crippen LogP contribution in [0.4, 0.5) is 0 Å². The SMILES string of the molecule is NC(=O)Cn1ccnc1[C@H]1CCCN(C(=O)C(=O)c2ccccc2)C1. The lowest BCUT2D eigenvalue weighted by Crippen LogP contribution is -2.43. The van der Waals surface area contributed by atoms with E-state index in [1.54, 1.807) is 52.2 Å². The Balaban J connectivity index is 1.73. The van der Waals surface area contributed by atoms with Gasteiger partial charge in [0.1, 0.15) is 12.4 Å². The second-order valence-corrected chi connectivity index (χ2v) is 6.17. The molecule has 0 saturated carbocycles. The van der Waals surface area contributed by atoms with Crippen molar-refractivity contribution in [3.8, 4) is 0 Å². The van der Waals surface area contributed by atoms with Crippen molar-refractivity contribution in [3.63, 3.8) is 0 Å². The van der Waals surface area contributed by atoms with Gasteiger partial charge in [-0.1, -0.05) is 30.3 Å². The van der Waals surface area contributed by atoms with Crippen molar-refractivity contribution in [1.29, 1.82) is 0 Å². The molecule has 0 spiro atoms. The Morgan fingerprint density at radius 2 is 1.96 bits per heavy atom. The number of likely N-dealkylation sites (tertiary alicyclic amines) is 1. The maximum absolute atomic E-state index is 12.6. The second kappa shape index (κ2) is 7.29. The number of imidazole rings is 1. The normalized spacial score (nSPS) is 17.3. The molecule has 130 valence electrons. The highest BCUT2D eigenvalue weighted by Gasteiger charge is 2.30. The summed E-state index contributed by atoms with van der Waals surface area (Å²) in [7, 11) is 0. The number of piperidine rings is 1. The van der Waals surface area contributed by atoms with Crippen LogP contribution in [0.15, 0.2) is 42.7 Å². The number of benzene rings is 1. The van der Waals surface area contributed by atoms with Crippen molar-refractivity contribution < 1.29 is 14.4 Å². The summed E-state index contributed by atoms with van der Waals surface area (Å²) >= 11 is 0. The minimum atomic E-state index is -0.498. The molecule has 1 aromatic carbocycles. The molecule has 0 bridgehead atoms. The molecule has 0 unspecified atom stereocenters. The van der Waals surface area contributed by atoms with E-state index in [0.29, 0.717) is 18.7 Å². The van der Waals surface area contributed by atoms with Gasteiger partial charge >= 0.3 is 0 Å². The zero-order valence-electron chi connectivity index (χ0n) is 13.8. The summed E-state index contributed by atoms with van der Waals surface area (Å²) in [5.74, 6) is -0.730. The average molecular weight is 340 g/mol. The first kappa shape index (κ1) is 16.9. The maximum atomic E-state index is 12.6. The number of Topliss-reactive ketones (excluding diaryl/α,β-unsaturated/α-hetero) is 1. The molecule has 1 saturated heterocycles. The summed E-state index contributed by atoms with van der Waals surface area (Å²) in [5.41, 5.74) is 5.66. The number of aromatic nitrogens is 2. The number of ketones is 1. The highest BCUT2D eigenvalue weighted by atomic mass is 16.2. The van der Waals surface area contributed by atoms with Crippen LogP contribution in [0, 0.1) is 0 Å². The van der Waals surface area contributed by atoms with Gasteiger partial charge in [0.25, 0.3) is 5.91 Å². The van der Waals surface area contributed by atoms with Gasteiger partial charge in [-0.15, -0.1) is 0 Å². The predicted molar refractivity (Wildman–Crippen MR) is 90.7 cm³/mol. The lowest BCUT2D eigenvalue weighted by molar-refractivity contribution is -0.127. The molecule has 0 radical (unpaired) electrons. The van der Waals surface area contributed by atoms with Crippen LogP contribution in [0.3, 0.4) is 0 Å². The van der Waals surface area contributed by atoms with Crippen LogP contribution in [0.25, 0.3) is 0 Å². The molecule has 2 aromatic rings. The highest BCUT2D eigenvalue weighted by molar-refractivity contribution is 6.42. The summed E-state index contributed by atoms with van der Waals surface area (Å²) in [6.07, 6.45) is 4.95. The van der Waals surface area contributed by atoms with Gasteiger partial charge in [-0.2, -0.15) is 0 Å². The van der Waals surface area contributed by atoms with E-state index in [1.165, 1.54) is 0 Å². The molecule has 25 heavy (non-hydrogen) atoms. The zero-order chi connectivity index (χ0) is 17.8. The molecule has 2 N–H and O–H groups in total. The number of nitrogens with two attached hydrogens (primary N) is 1. The Morgan fingerprint density at radius 3 is 2.68 bits per heavy atom. The van der Waals surface area contributed by atoms with Crippen molar-refractivity contribution in [3.05, 3.63) is 54.1 Å². The maximum Gasteiger partial charge on any atom is 0.294 e. The van der Waals surface area contributed by atoms with Crippen molar-refractivity contribution >= 4 is 17.6 Å². The van der Waals surface area contributed by atoms with Gasteiger partial charge in [0.05, 0.1) is 0 Å². The smallest absolute Gasteiger partial charge is 0.294 e. The highest BCUT2D eigenvalue weighted by Crippen LogP contribution is 2.26. The fourth-order valence-corrected chi connectivity index (χ4v) is 3.21. The molecule has 0 aliphatic carbocycles. The molecule has 7 nitrogen and oxygen atoms in total. The minimum Gasteiger partial charge on any atom is -0.368 e. The van der Waals surface area contributed by atoms with Crippen LogP contribution in [-0.4, -0.2) is 45.1 Å². The predicted octanol–water partition coefficient (Wildman–Crippen LogP) is 0.957. The van der Waals surface area contributed by atoms with Crippen LogP contribution >= 0.6 is 0 Å². The van der Waals surface area contributed by atoms with E-state index in [4.69, 9.17) is 5.73 Å². The minimum absolute atomic E-state index is 0.0179. The molecule has 1 aromatic heterocycles. The summed E-state index contributed by atoms with van der Waals surface area (Å²) in [6, 6.07) is 8.56. The first-order chi connectivity index (χ1) is 12.1. The van der Waals surface area contributed by atoms with Crippen LogP contribution in [0.1, 0.15) is 34.9 Å². The molecule has 1 aliphatic rings. The van der Waals surface area contributed by atoms with Crippen molar-refractivity contribution in [2.24, 2.45) is 5.73 Å². The van der Waals surface area contributed by atoms with E-state index in [-0.39, 0.29) is 12.5 Å². The van der Waals surface area contributed by atoms with Gasteiger partial charge in [0, 0.05) is 37.0 Å². The molecule has 1 fully saturated rings. The van der Waals surface area contributed by atoms with Gasteiger partial charge < -0.3 is 15.2 Å². The molecule has 2 heterocycles. The lowest BCUT2D eigenvalue weighted by atomic mass is 9.96. The van der Waals surface area contributed by atoms with Crippen LogP contribution < -0.4 is 5.73 Å². The molecule has 3 rings (SSSR count). The van der Waals surface area contributed by atoms with E-state index >= 15 is 0 Å². The van der Waals surface area contributed by atoms with E-state index < -0.39 is 17.6 Å². The van der Waals surface area contributed by atoms with Crippen LogP contribution in [-0.2, 0) is 16.1 Å². The Kier molecular flexibility index (Phi) is 4.92. The standard InChI is InChI=1S/C18H20N4O3/c19-15(23)12-21-10-8-20-17(21)14-7-4-9-22(11-14)18(25)16(24)13-5-2-1-3-6-13/h1-3,5-6,8,10,14H,4,7,9,11-12H2,(H2,19,23)/t14-/m0/s1. The van der Waals surface area contributed by atoms with Gasteiger partial charge in [-0.05, 0) is 12.8 Å². The van der Waals surface area contributed by atoms with E-state index in [2.05, 4.69) is 4.98 Å². The van der Waals surface area contributed by atoms with E-state index in [1.807, 2.05) is 0 Å². The molecular weight excluding hydrogens is 320 g/mol. The zero-order valence-corrected chi connectivity index (χ0v) is 13.8. The third-order valence-corrected chi connectivity index (χ3v) is 4.38. The van der Waals surface area contributed by atoms with Gasteiger partial charge in [0.15, 0.2) is 0 Å². The summed E-state index contributed by atoms with van der Waals surface area (Å²) in [6.45, 7) is 1.01. The first-order valence-corrected chi connectivity index (χ1v) is 8.24. The Labute approximate surface area is 145 Å². The monoisotopic (exact) mass is 340 g/mol. The van der Waals surface area contributed by atoms with Gasteiger partial charge in [0.2, 0.25) is 11.7 Å². The lowest BCUT2D eigenvalue weighted by Gasteiger charge is -2.32. The van der Waals surface area contributed by atoms with Gasteiger partial charge in [-0.3, -0.25) is 14.4 Å². The number of nitrogens with zero attached hydrogens (tertiary/aromatic N) is 3. The number of amides is 2. The Morgan fingerprint density at radius 1 is 1.20 bits per heavy atom. The Hall–Kier alpha value is -2.96. The summed E-state index contributed by atoms with van der Waals surface area (Å²) < 4.78 is 1.71. The molecular formula is C18H20N4O3. The molecule has 2 amide bonds. The number of carbonyl (C=O) groups excluding carboxylic acids is 3. The van der Waals surface area contributed by atoms with Crippen LogP contribution in [0.2, 0.25) is 0 Å². The Bertz CT molecular complexity index is 785. The number of hydrogen-bond donors (Lipinski definition) is 1. The number of hydrogen-bond acceptors (Lipinski definition) is 4. The fourth-order valence-electron chi connectivity index (χ4n) is 3.21. The van der Waals surface area contributed by atoms with Crippen LogP contribution in [0.5, 0.6) is 0 Å². The molecule has 1 atom stereocenters. The average Bonchev–Trinajstić information content (AvgIpc) is 3.08. The largest absolute Gasteiger partial charge is 0.368 e. The molecule has 1 aliphatic heterocycles. The number of rotatable bonds is 5. The van der Waals surface area contributed by atoms with Gasteiger partial charge in [-0.25, -0.2) is 4.98 Å². The van der Waals surface area contributed by atoms with Crippen molar-refractivity contribution in [2.75, 3.05) is 13.1 Å². The van der Waals surface area contributed by atoms with Crippen molar-refractivity contribution in [1.82, 2.24) is 14.5 Å².